The van der Waals surface area contributed by atoms with Crippen molar-refractivity contribution in [3.05, 3.63) is 0 Å². The molecule has 0 atom stereocenters. The number of Topliss-reactive ketones (excluding diaryl/α,β-unsaturated/α-hetero) is 1. The summed E-state index contributed by atoms with van der Waals surface area (Å²) in [7, 11) is 0. The summed E-state index contributed by atoms with van der Waals surface area (Å²) in [6.45, 7) is 6.82. The molecule has 1 fully saturated rings. The Labute approximate surface area is 93.0 Å². The molecule has 2 N–H and O–H groups in total. The SMILES string of the molecule is CCC(CC)C(=O)CN1CCC(N)CC1. The molecule has 0 bridgehead atoms. The highest BCUT2D eigenvalue weighted by Crippen LogP contribution is 2.13. The molecule has 1 heterocycles. The number of carbonyl (C=O) groups excluding carboxylic acids is 1. The summed E-state index contributed by atoms with van der Waals surface area (Å²) in [5, 5.41) is 0. The molecule has 0 radical (unpaired) electrons. The molecule has 0 aliphatic carbocycles. The first-order valence-corrected chi connectivity index (χ1v) is 6.18. The van der Waals surface area contributed by atoms with Crippen molar-refractivity contribution in [2.45, 2.75) is 45.6 Å². The maximum Gasteiger partial charge on any atom is 0.149 e. The molecule has 88 valence electrons. The lowest BCUT2D eigenvalue weighted by Gasteiger charge is -2.30. The summed E-state index contributed by atoms with van der Waals surface area (Å²) in [6, 6.07) is 0.351. The van der Waals surface area contributed by atoms with Crippen molar-refractivity contribution in [1.82, 2.24) is 4.90 Å². The van der Waals surface area contributed by atoms with Gasteiger partial charge in [0.2, 0.25) is 0 Å². The summed E-state index contributed by atoms with van der Waals surface area (Å²) in [5.74, 6) is 0.677. The van der Waals surface area contributed by atoms with Gasteiger partial charge in [0, 0.05) is 25.0 Å². The first-order valence-electron chi connectivity index (χ1n) is 6.18. The Morgan fingerprint density at radius 3 is 2.33 bits per heavy atom. The van der Waals surface area contributed by atoms with Gasteiger partial charge in [-0.2, -0.15) is 0 Å². The Kier molecular flexibility index (Phi) is 5.26. The van der Waals surface area contributed by atoms with Gasteiger partial charge in [-0.25, -0.2) is 0 Å². The molecule has 15 heavy (non-hydrogen) atoms. The van der Waals surface area contributed by atoms with Crippen LogP contribution in [0.3, 0.4) is 0 Å². The van der Waals surface area contributed by atoms with E-state index in [1.807, 2.05) is 0 Å². The lowest BCUT2D eigenvalue weighted by atomic mass is 9.97. The van der Waals surface area contributed by atoms with E-state index in [9.17, 15) is 4.79 Å². The minimum Gasteiger partial charge on any atom is -0.328 e. The van der Waals surface area contributed by atoms with Crippen molar-refractivity contribution in [2.24, 2.45) is 11.7 Å². The van der Waals surface area contributed by atoms with E-state index in [0.29, 0.717) is 18.4 Å². The standard InChI is InChI=1S/C12H24N2O/c1-3-10(4-2)12(15)9-14-7-5-11(13)6-8-14/h10-11H,3-9,13H2,1-2H3. The first kappa shape index (κ1) is 12.7. The molecule has 3 nitrogen and oxygen atoms in total. The highest BCUT2D eigenvalue weighted by Gasteiger charge is 2.21. The number of rotatable bonds is 5. The number of hydrogen-bond donors (Lipinski definition) is 1. The molecular weight excluding hydrogens is 188 g/mol. The number of hydrogen-bond acceptors (Lipinski definition) is 3. The van der Waals surface area contributed by atoms with Gasteiger partial charge in [-0.05, 0) is 25.7 Å². The number of nitrogens with zero attached hydrogens (tertiary/aromatic N) is 1. The van der Waals surface area contributed by atoms with Crippen molar-refractivity contribution < 1.29 is 4.79 Å². The lowest BCUT2D eigenvalue weighted by molar-refractivity contribution is -0.124. The molecule has 0 unspecified atom stereocenters. The van der Waals surface area contributed by atoms with Crippen molar-refractivity contribution >= 4 is 5.78 Å². The van der Waals surface area contributed by atoms with Gasteiger partial charge in [0.15, 0.2) is 0 Å². The third kappa shape index (κ3) is 3.92. The van der Waals surface area contributed by atoms with Gasteiger partial charge in [-0.15, -0.1) is 0 Å². The number of nitrogens with two attached hydrogens (primary N) is 1. The predicted octanol–water partition coefficient (Wildman–Crippen LogP) is 1.41. The monoisotopic (exact) mass is 212 g/mol. The fourth-order valence-electron chi connectivity index (χ4n) is 2.20. The second kappa shape index (κ2) is 6.23. The van der Waals surface area contributed by atoms with Gasteiger partial charge < -0.3 is 5.73 Å². The smallest absolute Gasteiger partial charge is 0.149 e. The number of likely N-dealkylation sites (tertiary alicyclic amines) is 1. The molecule has 1 aliphatic heterocycles. The zero-order valence-electron chi connectivity index (χ0n) is 10.0. The Bertz CT molecular complexity index is 194. The summed E-state index contributed by atoms with van der Waals surface area (Å²) < 4.78 is 0. The van der Waals surface area contributed by atoms with Gasteiger partial charge in [0.05, 0.1) is 6.54 Å². The zero-order valence-corrected chi connectivity index (χ0v) is 10.0. The molecule has 0 amide bonds. The Hall–Kier alpha value is -0.410. The van der Waals surface area contributed by atoms with Crippen LogP contribution in [-0.4, -0.2) is 36.4 Å². The molecule has 0 aromatic carbocycles. The van der Waals surface area contributed by atoms with Crippen LogP contribution in [0, 0.1) is 5.92 Å². The van der Waals surface area contributed by atoms with E-state index < -0.39 is 0 Å². The van der Waals surface area contributed by atoms with E-state index >= 15 is 0 Å². The highest BCUT2D eigenvalue weighted by atomic mass is 16.1. The van der Waals surface area contributed by atoms with Crippen LogP contribution in [0.15, 0.2) is 0 Å². The number of piperidine rings is 1. The minimum atomic E-state index is 0.264. The van der Waals surface area contributed by atoms with Crippen molar-refractivity contribution in [3.63, 3.8) is 0 Å². The quantitative estimate of drug-likeness (QED) is 0.749. The highest BCUT2D eigenvalue weighted by molar-refractivity contribution is 5.82. The van der Waals surface area contributed by atoms with Crippen molar-refractivity contribution in [2.75, 3.05) is 19.6 Å². The maximum atomic E-state index is 11.9. The van der Waals surface area contributed by atoms with Crippen LogP contribution in [0.25, 0.3) is 0 Å². The van der Waals surface area contributed by atoms with Crippen LogP contribution in [0.5, 0.6) is 0 Å². The minimum absolute atomic E-state index is 0.264. The molecule has 0 aromatic heterocycles. The fourth-order valence-corrected chi connectivity index (χ4v) is 2.20. The molecule has 3 heteroatoms. The van der Waals surface area contributed by atoms with Gasteiger partial charge in [0.1, 0.15) is 5.78 Å². The molecule has 1 aliphatic rings. The average Bonchev–Trinajstić information content (AvgIpc) is 2.23. The Morgan fingerprint density at radius 1 is 1.33 bits per heavy atom. The van der Waals surface area contributed by atoms with Gasteiger partial charge in [0.25, 0.3) is 0 Å². The van der Waals surface area contributed by atoms with Crippen LogP contribution < -0.4 is 5.73 Å². The van der Waals surface area contributed by atoms with E-state index in [1.165, 1.54) is 0 Å². The largest absolute Gasteiger partial charge is 0.328 e. The van der Waals surface area contributed by atoms with E-state index in [-0.39, 0.29) is 5.92 Å². The van der Waals surface area contributed by atoms with Crippen LogP contribution >= 0.6 is 0 Å². The van der Waals surface area contributed by atoms with Crippen molar-refractivity contribution in [3.8, 4) is 0 Å². The van der Waals surface area contributed by atoms with Crippen LogP contribution in [0.4, 0.5) is 0 Å². The molecule has 0 saturated carbocycles. The topological polar surface area (TPSA) is 46.3 Å². The molecule has 0 spiro atoms. The third-order valence-electron chi connectivity index (χ3n) is 3.45. The average molecular weight is 212 g/mol. The van der Waals surface area contributed by atoms with Gasteiger partial charge >= 0.3 is 0 Å². The van der Waals surface area contributed by atoms with E-state index in [0.717, 1.165) is 38.8 Å². The Morgan fingerprint density at radius 2 is 1.87 bits per heavy atom. The van der Waals surface area contributed by atoms with Crippen LogP contribution in [-0.2, 0) is 4.79 Å². The third-order valence-corrected chi connectivity index (χ3v) is 3.45. The zero-order chi connectivity index (χ0) is 11.3. The maximum absolute atomic E-state index is 11.9. The molecule has 1 rings (SSSR count). The number of carbonyl (C=O) groups is 1. The van der Waals surface area contributed by atoms with Crippen LogP contribution in [0.1, 0.15) is 39.5 Å². The number of ketones is 1. The predicted molar refractivity (Wildman–Crippen MR) is 62.7 cm³/mol. The second-order valence-electron chi connectivity index (χ2n) is 4.59. The lowest BCUT2D eigenvalue weighted by Crippen LogP contribution is -2.42. The van der Waals surface area contributed by atoms with Crippen LogP contribution in [0.2, 0.25) is 0 Å². The molecule has 0 aromatic rings. The molecular formula is C12H24N2O. The van der Waals surface area contributed by atoms with E-state index in [2.05, 4.69) is 18.7 Å². The second-order valence-corrected chi connectivity index (χ2v) is 4.59. The van der Waals surface area contributed by atoms with E-state index in [4.69, 9.17) is 5.73 Å². The summed E-state index contributed by atoms with van der Waals surface area (Å²) in [5.41, 5.74) is 5.83. The fraction of sp³-hybridized carbons (Fsp3) is 0.917. The van der Waals surface area contributed by atoms with Crippen molar-refractivity contribution in [1.29, 1.82) is 0 Å². The first-order chi connectivity index (χ1) is 7.17. The Balaban J connectivity index is 2.31. The molecule has 1 saturated heterocycles. The summed E-state index contributed by atoms with van der Waals surface area (Å²) in [6.07, 6.45) is 4.03. The van der Waals surface area contributed by atoms with Gasteiger partial charge in [-0.3, -0.25) is 9.69 Å². The normalized spacial score (nSPS) is 19.7. The summed E-state index contributed by atoms with van der Waals surface area (Å²) in [4.78, 5) is 14.1. The van der Waals surface area contributed by atoms with E-state index in [1.54, 1.807) is 0 Å². The van der Waals surface area contributed by atoms with Gasteiger partial charge in [-0.1, -0.05) is 13.8 Å². The summed E-state index contributed by atoms with van der Waals surface area (Å²) >= 11 is 0.